The molecule has 9 nitrogen and oxygen atoms in total. The summed E-state index contributed by atoms with van der Waals surface area (Å²) >= 11 is 0. The van der Waals surface area contributed by atoms with Gasteiger partial charge in [0.2, 0.25) is 0 Å². The molecule has 2 N–H and O–H groups in total. The van der Waals surface area contributed by atoms with Gasteiger partial charge in [-0.25, -0.2) is 4.98 Å². The van der Waals surface area contributed by atoms with Gasteiger partial charge in [-0.1, -0.05) is 36.4 Å². The zero-order valence-corrected chi connectivity index (χ0v) is 19.4. The van der Waals surface area contributed by atoms with Gasteiger partial charge in [0.1, 0.15) is 16.8 Å². The van der Waals surface area contributed by atoms with Crippen LogP contribution in [-0.4, -0.2) is 64.2 Å². The summed E-state index contributed by atoms with van der Waals surface area (Å²) in [6.45, 7) is 4.51. The second-order valence-corrected chi connectivity index (χ2v) is 8.59. The fraction of sp³-hybridized carbons (Fsp3) is 0.308. The van der Waals surface area contributed by atoms with Crippen molar-refractivity contribution in [1.82, 2.24) is 24.2 Å². The van der Waals surface area contributed by atoms with Crippen LogP contribution in [0.2, 0.25) is 0 Å². The third-order valence-electron chi connectivity index (χ3n) is 6.35. The van der Waals surface area contributed by atoms with Crippen molar-refractivity contribution in [2.24, 2.45) is 0 Å². The molecule has 180 valence electrons. The molecule has 5 rings (SSSR count). The molecule has 0 radical (unpaired) electrons. The van der Waals surface area contributed by atoms with Crippen LogP contribution in [0.15, 0.2) is 65.6 Å². The molecule has 0 atom stereocenters. The van der Waals surface area contributed by atoms with Gasteiger partial charge in [0.25, 0.3) is 11.5 Å². The van der Waals surface area contributed by atoms with Crippen molar-refractivity contribution < 1.29 is 9.53 Å². The van der Waals surface area contributed by atoms with Gasteiger partial charge in [-0.05, 0) is 30.2 Å². The maximum atomic E-state index is 13.3. The molecule has 1 saturated heterocycles. The topological polar surface area (TPSA) is 105 Å². The lowest BCUT2D eigenvalue weighted by Gasteiger charge is -2.27. The normalized spacial score (nSPS) is 14.4. The molecule has 4 aromatic rings. The molecule has 4 heterocycles. The average Bonchev–Trinajstić information content (AvgIpc) is 2.89. The lowest BCUT2D eigenvalue weighted by atomic mass is 10.1. The maximum absolute atomic E-state index is 13.3. The largest absolute Gasteiger partial charge is 0.379 e. The number of nitrogens with one attached hydrogen (secondary N) is 2. The summed E-state index contributed by atoms with van der Waals surface area (Å²) in [6, 6.07) is 16.8. The molecule has 1 aliphatic heterocycles. The van der Waals surface area contributed by atoms with Gasteiger partial charge in [0.15, 0.2) is 0 Å². The molecule has 0 spiro atoms. The third kappa shape index (κ3) is 4.87. The molecule has 1 amide bonds. The molecule has 1 aliphatic rings. The Bertz CT molecular complexity index is 1470. The van der Waals surface area contributed by atoms with Crippen molar-refractivity contribution in [3.8, 4) is 0 Å². The number of pyridine rings is 2. The second-order valence-electron chi connectivity index (χ2n) is 8.59. The SMILES string of the molecule is N=c1c(C(=O)NCCc2ccccc2)cc2c(=O)n3ccccc3nc2n1CCN1CCOCC1. The fourth-order valence-electron chi connectivity index (χ4n) is 4.40. The summed E-state index contributed by atoms with van der Waals surface area (Å²) in [5.74, 6) is -0.370. The van der Waals surface area contributed by atoms with Crippen molar-refractivity contribution in [3.63, 3.8) is 0 Å². The van der Waals surface area contributed by atoms with E-state index in [1.165, 1.54) is 10.5 Å². The van der Waals surface area contributed by atoms with Crippen molar-refractivity contribution >= 4 is 22.6 Å². The predicted molar refractivity (Wildman–Crippen MR) is 133 cm³/mol. The van der Waals surface area contributed by atoms with Crippen LogP contribution in [0.5, 0.6) is 0 Å². The average molecular weight is 473 g/mol. The Morgan fingerprint density at radius 3 is 2.63 bits per heavy atom. The number of nitrogens with zero attached hydrogens (tertiary/aromatic N) is 4. The highest BCUT2D eigenvalue weighted by Gasteiger charge is 2.18. The van der Waals surface area contributed by atoms with Gasteiger partial charge in [-0.2, -0.15) is 0 Å². The first kappa shape index (κ1) is 22.9. The molecule has 35 heavy (non-hydrogen) atoms. The van der Waals surface area contributed by atoms with E-state index in [9.17, 15) is 9.59 Å². The highest BCUT2D eigenvalue weighted by molar-refractivity contribution is 5.96. The summed E-state index contributed by atoms with van der Waals surface area (Å²) < 4.78 is 8.59. The Morgan fingerprint density at radius 2 is 1.83 bits per heavy atom. The number of hydrogen-bond acceptors (Lipinski definition) is 6. The predicted octanol–water partition coefficient (Wildman–Crippen LogP) is 1.43. The number of amides is 1. The molecule has 0 unspecified atom stereocenters. The first-order valence-electron chi connectivity index (χ1n) is 11.8. The monoisotopic (exact) mass is 472 g/mol. The van der Waals surface area contributed by atoms with Crippen LogP contribution in [-0.2, 0) is 17.7 Å². The number of ether oxygens (including phenoxy) is 1. The molecular formula is C26H28N6O3. The van der Waals surface area contributed by atoms with E-state index < -0.39 is 0 Å². The summed E-state index contributed by atoms with van der Waals surface area (Å²) in [6.07, 6.45) is 2.34. The van der Waals surface area contributed by atoms with E-state index in [0.29, 0.717) is 55.9 Å². The zero-order valence-electron chi connectivity index (χ0n) is 19.4. The van der Waals surface area contributed by atoms with E-state index in [1.807, 2.05) is 36.4 Å². The highest BCUT2D eigenvalue weighted by Crippen LogP contribution is 2.11. The number of carbonyl (C=O) groups is 1. The number of morpholine rings is 1. The van der Waals surface area contributed by atoms with Gasteiger partial charge in [-0.15, -0.1) is 0 Å². The third-order valence-corrected chi connectivity index (χ3v) is 6.35. The van der Waals surface area contributed by atoms with Crippen LogP contribution >= 0.6 is 0 Å². The Hall–Kier alpha value is -3.82. The summed E-state index contributed by atoms with van der Waals surface area (Å²) in [7, 11) is 0. The number of aromatic nitrogens is 3. The van der Waals surface area contributed by atoms with Gasteiger partial charge in [0, 0.05) is 38.9 Å². The molecule has 1 fully saturated rings. The van der Waals surface area contributed by atoms with Crippen LogP contribution in [0.4, 0.5) is 0 Å². The molecule has 0 saturated carbocycles. The van der Waals surface area contributed by atoms with E-state index in [1.54, 1.807) is 22.9 Å². The van der Waals surface area contributed by atoms with Crippen LogP contribution in [0.3, 0.4) is 0 Å². The quantitative estimate of drug-likeness (QED) is 0.396. The Labute approximate surface area is 202 Å². The minimum atomic E-state index is -0.370. The van der Waals surface area contributed by atoms with Gasteiger partial charge in [0.05, 0.1) is 24.2 Å². The minimum absolute atomic E-state index is 0.0511. The Balaban J connectivity index is 1.51. The number of rotatable bonds is 7. The summed E-state index contributed by atoms with van der Waals surface area (Å²) in [4.78, 5) is 33.4. The highest BCUT2D eigenvalue weighted by atomic mass is 16.5. The zero-order chi connectivity index (χ0) is 24.2. The van der Waals surface area contributed by atoms with Crippen LogP contribution in [0.1, 0.15) is 15.9 Å². The molecule has 0 aliphatic carbocycles. The van der Waals surface area contributed by atoms with Crippen LogP contribution in [0.25, 0.3) is 16.7 Å². The van der Waals surface area contributed by atoms with Crippen molar-refractivity contribution in [2.45, 2.75) is 13.0 Å². The lowest BCUT2D eigenvalue weighted by Crippen LogP contribution is -2.41. The van der Waals surface area contributed by atoms with Gasteiger partial charge in [-0.3, -0.25) is 24.3 Å². The second kappa shape index (κ2) is 10.2. The minimum Gasteiger partial charge on any atom is -0.379 e. The van der Waals surface area contributed by atoms with Crippen molar-refractivity contribution in [1.29, 1.82) is 5.41 Å². The maximum Gasteiger partial charge on any atom is 0.267 e. The van der Waals surface area contributed by atoms with Crippen LogP contribution < -0.4 is 16.4 Å². The Morgan fingerprint density at radius 1 is 1.06 bits per heavy atom. The molecule has 0 bridgehead atoms. The smallest absolute Gasteiger partial charge is 0.267 e. The van der Waals surface area contributed by atoms with Crippen molar-refractivity contribution in [3.05, 3.63) is 87.8 Å². The number of carbonyl (C=O) groups excluding carboxylic acids is 1. The Kier molecular flexibility index (Phi) is 6.69. The molecule has 1 aromatic carbocycles. The van der Waals surface area contributed by atoms with Crippen LogP contribution in [0, 0.1) is 5.41 Å². The molecule has 9 heteroatoms. The molecule has 3 aromatic heterocycles. The van der Waals surface area contributed by atoms with Crippen molar-refractivity contribution in [2.75, 3.05) is 39.4 Å². The molecular weight excluding hydrogens is 444 g/mol. The standard InChI is InChI=1S/C26H28N6O3/c27-23-20(25(33)28-10-9-19-6-2-1-3-7-19)18-21-24(29-22-8-4-5-11-31(22)26(21)34)32(23)13-12-30-14-16-35-17-15-30/h1-8,11,18,27H,9-10,12-17H2,(H,28,33). The van der Waals surface area contributed by atoms with E-state index in [4.69, 9.17) is 15.1 Å². The number of hydrogen-bond donors (Lipinski definition) is 2. The summed E-state index contributed by atoms with van der Waals surface area (Å²) in [5.41, 5.74) is 2.00. The van der Waals surface area contributed by atoms with Gasteiger partial charge < -0.3 is 14.6 Å². The van der Waals surface area contributed by atoms with E-state index in [0.717, 1.165) is 18.7 Å². The number of benzene rings is 1. The number of fused-ring (bicyclic) bond motifs is 2. The fourth-order valence-corrected chi connectivity index (χ4v) is 4.40. The van der Waals surface area contributed by atoms with E-state index in [-0.39, 0.29) is 22.5 Å². The van der Waals surface area contributed by atoms with E-state index in [2.05, 4.69) is 10.2 Å². The van der Waals surface area contributed by atoms with E-state index >= 15 is 0 Å². The van der Waals surface area contributed by atoms with Gasteiger partial charge >= 0.3 is 0 Å². The first-order chi connectivity index (χ1) is 17.1. The first-order valence-corrected chi connectivity index (χ1v) is 11.8. The lowest BCUT2D eigenvalue weighted by molar-refractivity contribution is 0.0363. The summed E-state index contributed by atoms with van der Waals surface area (Å²) in [5, 5.41) is 12.1.